The third-order valence-electron chi connectivity index (χ3n) is 3.19. The highest BCUT2D eigenvalue weighted by molar-refractivity contribution is 5.94. The zero-order valence-corrected chi connectivity index (χ0v) is 11.0. The minimum atomic E-state index is -4.62. The molecule has 7 heteroatoms. The molecule has 4 nitrogen and oxygen atoms in total. The van der Waals surface area contributed by atoms with Crippen LogP contribution < -0.4 is 0 Å². The molecule has 3 rings (SSSR count). The van der Waals surface area contributed by atoms with Gasteiger partial charge in [-0.2, -0.15) is 13.2 Å². The lowest BCUT2D eigenvalue weighted by molar-refractivity contribution is -0.136. The van der Waals surface area contributed by atoms with Crippen LogP contribution >= 0.6 is 0 Å². The summed E-state index contributed by atoms with van der Waals surface area (Å²) >= 11 is 0. The van der Waals surface area contributed by atoms with Gasteiger partial charge in [0.15, 0.2) is 0 Å². The maximum atomic E-state index is 13.2. The molecule has 0 unspecified atom stereocenters. The number of alkyl halides is 3. The van der Waals surface area contributed by atoms with Gasteiger partial charge in [0.05, 0.1) is 22.3 Å². The van der Waals surface area contributed by atoms with Crippen molar-refractivity contribution in [1.29, 1.82) is 0 Å². The van der Waals surface area contributed by atoms with Crippen molar-refractivity contribution in [2.75, 3.05) is 0 Å². The molecule has 0 fully saturated rings. The van der Waals surface area contributed by atoms with Gasteiger partial charge in [0.2, 0.25) is 0 Å². The first kappa shape index (κ1) is 14.1. The molecule has 0 saturated carbocycles. The Morgan fingerprint density at radius 3 is 2.41 bits per heavy atom. The number of H-pyrrole nitrogens is 1. The van der Waals surface area contributed by atoms with Gasteiger partial charge in [-0.1, -0.05) is 30.3 Å². The van der Waals surface area contributed by atoms with Crippen molar-refractivity contribution in [2.24, 2.45) is 0 Å². The molecule has 0 atom stereocenters. The van der Waals surface area contributed by atoms with Crippen molar-refractivity contribution in [1.82, 2.24) is 9.97 Å². The van der Waals surface area contributed by atoms with E-state index >= 15 is 0 Å². The van der Waals surface area contributed by atoms with Crippen LogP contribution in [0.2, 0.25) is 0 Å². The van der Waals surface area contributed by atoms with E-state index in [0.29, 0.717) is 5.56 Å². The molecule has 112 valence electrons. The number of aromatic carboxylic acids is 1. The van der Waals surface area contributed by atoms with E-state index in [0.717, 1.165) is 12.1 Å². The van der Waals surface area contributed by atoms with Gasteiger partial charge in [0.1, 0.15) is 5.69 Å². The van der Waals surface area contributed by atoms with Crippen LogP contribution in [0.5, 0.6) is 0 Å². The number of nitrogens with zero attached hydrogens (tertiary/aromatic N) is 1. The maximum Gasteiger partial charge on any atom is 0.418 e. The molecular weight excluding hydrogens is 297 g/mol. The molecule has 0 amide bonds. The van der Waals surface area contributed by atoms with Crippen molar-refractivity contribution in [3.05, 3.63) is 53.7 Å². The molecule has 2 aromatic heterocycles. The second-order valence-electron chi connectivity index (χ2n) is 4.67. The number of hydrogen-bond acceptors (Lipinski definition) is 2. The average Bonchev–Trinajstić information content (AvgIpc) is 2.90. The highest BCUT2D eigenvalue weighted by atomic mass is 19.4. The number of rotatable bonds is 2. The Hall–Kier alpha value is -2.83. The Kier molecular flexibility index (Phi) is 3.13. The summed E-state index contributed by atoms with van der Waals surface area (Å²) in [5.41, 5.74) is -0.984. The number of carbonyl (C=O) groups is 1. The van der Waals surface area contributed by atoms with Crippen LogP contribution in [-0.2, 0) is 6.18 Å². The molecule has 0 aliphatic rings. The molecule has 1 aromatic carbocycles. The standard InChI is InChI=1S/C15H9F3N2O2/c16-15(17,18)9-6-10(8-4-2-1-3-5-8)19-11-7-12(14(21)22)20-13(9)11/h1-7,20H,(H,21,22). The monoisotopic (exact) mass is 306 g/mol. The van der Waals surface area contributed by atoms with E-state index in [9.17, 15) is 18.0 Å². The maximum absolute atomic E-state index is 13.2. The Morgan fingerprint density at radius 2 is 1.82 bits per heavy atom. The topological polar surface area (TPSA) is 66.0 Å². The molecular formula is C15H9F3N2O2. The molecule has 0 radical (unpaired) electrons. The summed E-state index contributed by atoms with van der Waals surface area (Å²) < 4.78 is 39.7. The normalized spacial score (nSPS) is 11.8. The van der Waals surface area contributed by atoms with Crippen LogP contribution in [0.15, 0.2) is 42.5 Å². The number of nitrogens with one attached hydrogen (secondary N) is 1. The largest absolute Gasteiger partial charge is 0.477 e. The van der Waals surface area contributed by atoms with Gasteiger partial charge < -0.3 is 10.1 Å². The Bertz CT molecular complexity index is 854. The number of aromatic nitrogens is 2. The fourth-order valence-corrected chi connectivity index (χ4v) is 2.20. The highest BCUT2D eigenvalue weighted by Crippen LogP contribution is 2.36. The van der Waals surface area contributed by atoms with Crippen molar-refractivity contribution in [2.45, 2.75) is 6.18 Å². The van der Waals surface area contributed by atoms with E-state index < -0.39 is 17.7 Å². The summed E-state index contributed by atoms with van der Waals surface area (Å²) in [7, 11) is 0. The number of halogens is 3. The van der Waals surface area contributed by atoms with E-state index in [1.165, 1.54) is 0 Å². The van der Waals surface area contributed by atoms with Crippen LogP contribution in [0.4, 0.5) is 13.2 Å². The number of aromatic amines is 1. The van der Waals surface area contributed by atoms with Crippen molar-refractivity contribution >= 4 is 17.0 Å². The van der Waals surface area contributed by atoms with E-state index in [2.05, 4.69) is 9.97 Å². The predicted octanol–water partition coefficient (Wildman–Crippen LogP) is 3.95. The molecule has 0 aliphatic carbocycles. The summed E-state index contributed by atoms with van der Waals surface area (Å²) in [6, 6.07) is 10.4. The quantitative estimate of drug-likeness (QED) is 0.753. The fraction of sp³-hybridized carbons (Fsp3) is 0.0667. The van der Waals surface area contributed by atoms with Gasteiger partial charge in [-0.05, 0) is 12.1 Å². The van der Waals surface area contributed by atoms with Crippen LogP contribution in [0.1, 0.15) is 16.1 Å². The SMILES string of the molecule is O=C(O)c1cc2nc(-c3ccccc3)cc(C(F)(F)F)c2[nH]1. The van der Waals surface area contributed by atoms with Gasteiger partial charge in [0.25, 0.3) is 0 Å². The van der Waals surface area contributed by atoms with Crippen molar-refractivity contribution in [3.8, 4) is 11.3 Å². The van der Waals surface area contributed by atoms with Crippen LogP contribution in [0.25, 0.3) is 22.3 Å². The summed E-state index contributed by atoms with van der Waals surface area (Å²) in [5, 5.41) is 8.93. The Morgan fingerprint density at radius 1 is 1.14 bits per heavy atom. The second kappa shape index (κ2) is 4.87. The van der Waals surface area contributed by atoms with E-state index in [-0.39, 0.29) is 22.4 Å². The summed E-state index contributed by atoms with van der Waals surface area (Å²) in [6.45, 7) is 0. The van der Waals surface area contributed by atoms with Crippen LogP contribution in [0, 0.1) is 0 Å². The summed E-state index contributed by atoms with van der Waals surface area (Å²) in [6.07, 6.45) is -4.62. The van der Waals surface area contributed by atoms with Gasteiger partial charge in [-0.25, -0.2) is 9.78 Å². The van der Waals surface area contributed by atoms with Crippen LogP contribution in [-0.4, -0.2) is 21.0 Å². The minimum Gasteiger partial charge on any atom is -0.477 e. The lowest BCUT2D eigenvalue weighted by atomic mass is 10.1. The van der Waals surface area contributed by atoms with Gasteiger partial charge in [-0.3, -0.25) is 0 Å². The summed E-state index contributed by atoms with van der Waals surface area (Å²) in [4.78, 5) is 17.3. The minimum absolute atomic E-state index is 0.0360. The molecule has 2 heterocycles. The van der Waals surface area contributed by atoms with Gasteiger partial charge >= 0.3 is 12.1 Å². The number of hydrogen-bond donors (Lipinski definition) is 2. The number of fused-ring (bicyclic) bond motifs is 1. The van der Waals surface area contributed by atoms with Gasteiger partial charge in [0, 0.05) is 5.56 Å². The molecule has 3 aromatic rings. The number of carboxylic acid groups (broad SMARTS) is 1. The average molecular weight is 306 g/mol. The van der Waals surface area contributed by atoms with E-state index in [1.54, 1.807) is 30.3 Å². The molecule has 22 heavy (non-hydrogen) atoms. The van der Waals surface area contributed by atoms with E-state index in [4.69, 9.17) is 5.11 Å². The van der Waals surface area contributed by atoms with Crippen LogP contribution in [0.3, 0.4) is 0 Å². The Labute approximate surface area is 122 Å². The van der Waals surface area contributed by atoms with Crippen molar-refractivity contribution < 1.29 is 23.1 Å². The van der Waals surface area contributed by atoms with Crippen molar-refractivity contribution in [3.63, 3.8) is 0 Å². The Balaban J connectivity index is 2.31. The molecule has 0 saturated heterocycles. The molecule has 0 spiro atoms. The highest BCUT2D eigenvalue weighted by Gasteiger charge is 2.34. The first-order valence-corrected chi connectivity index (χ1v) is 6.26. The second-order valence-corrected chi connectivity index (χ2v) is 4.67. The molecule has 2 N–H and O–H groups in total. The zero-order chi connectivity index (χ0) is 15.9. The zero-order valence-electron chi connectivity index (χ0n) is 11.0. The third-order valence-corrected chi connectivity index (χ3v) is 3.19. The number of pyridine rings is 1. The first-order valence-electron chi connectivity index (χ1n) is 6.26. The number of carboxylic acids is 1. The first-order chi connectivity index (χ1) is 10.4. The number of benzene rings is 1. The lowest BCUT2D eigenvalue weighted by Crippen LogP contribution is -2.07. The third kappa shape index (κ3) is 2.41. The molecule has 0 bridgehead atoms. The summed E-state index contributed by atoms with van der Waals surface area (Å²) in [5.74, 6) is -1.34. The van der Waals surface area contributed by atoms with E-state index in [1.807, 2.05) is 0 Å². The lowest BCUT2D eigenvalue weighted by Gasteiger charge is -2.10. The van der Waals surface area contributed by atoms with Gasteiger partial charge in [-0.15, -0.1) is 0 Å². The molecule has 0 aliphatic heterocycles. The smallest absolute Gasteiger partial charge is 0.418 e. The fourth-order valence-electron chi connectivity index (χ4n) is 2.20. The predicted molar refractivity (Wildman–Crippen MR) is 73.5 cm³/mol.